The largest absolute Gasteiger partial charge is 0.496 e. The smallest absolute Gasteiger partial charge is 0.317 e. The van der Waals surface area contributed by atoms with Crippen molar-refractivity contribution < 1.29 is 14.3 Å². The summed E-state index contributed by atoms with van der Waals surface area (Å²) in [6.45, 7) is 5.87. The normalized spacial score (nSPS) is 22.0. The molecule has 0 unspecified atom stereocenters. The zero-order valence-corrected chi connectivity index (χ0v) is 13.0. The van der Waals surface area contributed by atoms with Crippen molar-refractivity contribution in [1.29, 1.82) is 0 Å². The number of hydrogen-bond acceptors (Lipinski definition) is 3. The monoisotopic (exact) mass is 292 g/mol. The lowest BCUT2D eigenvalue weighted by molar-refractivity contribution is -0.0544. The second-order valence-electron chi connectivity index (χ2n) is 5.46. The molecule has 0 spiro atoms. The van der Waals surface area contributed by atoms with Gasteiger partial charge in [-0.1, -0.05) is 18.2 Å². The predicted octanol–water partition coefficient (Wildman–Crippen LogP) is 2.06. The number of nitrogens with one attached hydrogen (secondary N) is 1. The van der Waals surface area contributed by atoms with E-state index in [1.54, 1.807) is 7.11 Å². The van der Waals surface area contributed by atoms with Crippen LogP contribution in [-0.4, -0.2) is 49.9 Å². The fraction of sp³-hybridized carbons (Fsp3) is 0.562. The topological polar surface area (TPSA) is 50.8 Å². The average Bonchev–Trinajstić information content (AvgIpc) is 2.46. The molecule has 2 rings (SSSR count). The number of nitrogens with zero attached hydrogens (tertiary/aromatic N) is 1. The fourth-order valence-corrected chi connectivity index (χ4v) is 2.67. The maximum atomic E-state index is 12.2. The Morgan fingerprint density at radius 3 is 2.67 bits per heavy atom. The minimum atomic E-state index is -0.0214. The van der Waals surface area contributed by atoms with Gasteiger partial charge in [0.05, 0.1) is 19.3 Å². The second kappa shape index (κ2) is 7.31. The average molecular weight is 292 g/mol. The summed E-state index contributed by atoms with van der Waals surface area (Å²) in [5, 5.41) is 2.97. The zero-order valence-electron chi connectivity index (χ0n) is 13.0. The molecule has 0 saturated carbocycles. The lowest BCUT2D eigenvalue weighted by Gasteiger charge is -2.35. The van der Waals surface area contributed by atoms with Gasteiger partial charge in [-0.2, -0.15) is 0 Å². The Kier molecular flexibility index (Phi) is 5.44. The third-order valence-corrected chi connectivity index (χ3v) is 3.57. The van der Waals surface area contributed by atoms with Crippen LogP contribution in [0.3, 0.4) is 0 Å². The van der Waals surface area contributed by atoms with Gasteiger partial charge in [-0.05, 0) is 31.9 Å². The molecule has 2 atom stereocenters. The van der Waals surface area contributed by atoms with Gasteiger partial charge in [0.2, 0.25) is 0 Å². The van der Waals surface area contributed by atoms with Gasteiger partial charge in [-0.15, -0.1) is 0 Å². The third-order valence-electron chi connectivity index (χ3n) is 3.57. The molecule has 1 aromatic carbocycles. The van der Waals surface area contributed by atoms with E-state index in [-0.39, 0.29) is 18.2 Å². The van der Waals surface area contributed by atoms with E-state index in [1.165, 1.54) is 0 Å². The summed E-state index contributed by atoms with van der Waals surface area (Å²) < 4.78 is 10.9. The van der Waals surface area contributed by atoms with Gasteiger partial charge in [0.25, 0.3) is 0 Å². The van der Waals surface area contributed by atoms with Gasteiger partial charge in [0.1, 0.15) is 5.75 Å². The molecule has 5 nitrogen and oxygen atoms in total. The summed E-state index contributed by atoms with van der Waals surface area (Å²) in [5.41, 5.74) is 1.10. The van der Waals surface area contributed by atoms with Gasteiger partial charge in [0, 0.05) is 19.6 Å². The summed E-state index contributed by atoms with van der Waals surface area (Å²) in [6, 6.07) is 7.85. The Hall–Kier alpha value is -1.75. The molecule has 0 bridgehead atoms. The molecule has 1 aromatic rings. The van der Waals surface area contributed by atoms with E-state index >= 15 is 0 Å². The molecule has 1 heterocycles. The van der Waals surface area contributed by atoms with Gasteiger partial charge >= 0.3 is 6.03 Å². The van der Waals surface area contributed by atoms with E-state index in [9.17, 15) is 4.79 Å². The number of ether oxygens (including phenoxy) is 2. The number of methoxy groups -OCH3 is 1. The zero-order chi connectivity index (χ0) is 15.2. The summed E-state index contributed by atoms with van der Waals surface area (Å²) in [5.74, 6) is 0.861. The van der Waals surface area contributed by atoms with Crippen LogP contribution in [0.15, 0.2) is 24.3 Å². The van der Waals surface area contributed by atoms with E-state index < -0.39 is 0 Å². The van der Waals surface area contributed by atoms with E-state index in [0.717, 1.165) is 17.7 Å². The van der Waals surface area contributed by atoms with Crippen molar-refractivity contribution in [3.8, 4) is 5.75 Å². The van der Waals surface area contributed by atoms with Crippen molar-refractivity contribution in [2.75, 3.05) is 26.7 Å². The molecule has 0 aromatic heterocycles. The second-order valence-corrected chi connectivity index (χ2v) is 5.46. The molecule has 0 aliphatic carbocycles. The Morgan fingerprint density at radius 1 is 1.33 bits per heavy atom. The highest BCUT2D eigenvalue weighted by Gasteiger charge is 2.25. The number of para-hydroxylation sites is 1. The van der Waals surface area contributed by atoms with Gasteiger partial charge in [0.15, 0.2) is 0 Å². The van der Waals surface area contributed by atoms with E-state index in [1.807, 2.05) is 43.0 Å². The van der Waals surface area contributed by atoms with Gasteiger partial charge in [-0.25, -0.2) is 4.79 Å². The van der Waals surface area contributed by atoms with Crippen LogP contribution in [0.2, 0.25) is 0 Å². The minimum absolute atomic E-state index is 0.0214. The number of benzene rings is 1. The predicted molar refractivity (Wildman–Crippen MR) is 81.7 cm³/mol. The molecular formula is C16H24N2O3. The first-order valence-electron chi connectivity index (χ1n) is 7.40. The minimum Gasteiger partial charge on any atom is -0.496 e. The summed E-state index contributed by atoms with van der Waals surface area (Å²) in [4.78, 5) is 14.0. The lowest BCUT2D eigenvalue weighted by Crippen LogP contribution is -2.51. The van der Waals surface area contributed by atoms with Gasteiger partial charge in [-0.3, -0.25) is 0 Å². The first-order valence-corrected chi connectivity index (χ1v) is 7.40. The summed E-state index contributed by atoms with van der Waals surface area (Å²) >= 11 is 0. The molecule has 2 amide bonds. The molecule has 1 aliphatic rings. The number of hydrogen-bond donors (Lipinski definition) is 1. The van der Waals surface area contributed by atoms with Crippen LogP contribution in [-0.2, 0) is 11.2 Å². The maximum Gasteiger partial charge on any atom is 0.317 e. The Labute approximate surface area is 126 Å². The first-order chi connectivity index (χ1) is 10.1. The van der Waals surface area contributed by atoms with Crippen molar-refractivity contribution in [3.05, 3.63) is 29.8 Å². The molecule has 1 aliphatic heterocycles. The van der Waals surface area contributed by atoms with Crippen LogP contribution in [0.4, 0.5) is 4.79 Å². The fourth-order valence-electron chi connectivity index (χ4n) is 2.67. The molecule has 21 heavy (non-hydrogen) atoms. The number of urea groups is 1. The van der Waals surface area contributed by atoms with Crippen LogP contribution >= 0.6 is 0 Å². The molecule has 116 valence electrons. The quantitative estimate of drug-likeness (QED) is 0.924. The number of carbonyl (C=O) groups is 1. The van der Waals surface area contributed by atoms with Gasteiger partial charge < -0.3 is 19.7 Å². The number of amides is 2. The molecular weight excluding hydrogens is 268 g/mol. The first kappa shape index (κ1) is 15.6. The number of carbonyl (C=O) groups excluding carboxylic acids is 1. The summed E-state index contributed by atoms with van der Waals surface area (Å²) in [6.07, 6.45) is 0.938. The van der Waals surface area contributed by atoms with E-state index in [4.69, 9.17) is 9.47 Å². The Morgan fingerprint density at radius 2 is 2.00 bits per heavy atom. The lowest BCUT2D eigenvalue weighted by atomic mass is 10.1. The SMILES string of the molecule is COc1ccccc1CCNC(=O)N1C[C@@H](C)O[C@H](C)C1. The number of rotatable bonds is 4. The Balaban J connectivity index is 1.81. The molecule has 1 saturated heterocycles. The van der Waals surface area contributed by atoms with E-state index in [2.05, 4.69) is 5.32 Å². The van der Waals surface area contributed by atoms with Crippen LogP contribution in [0.25, 0.3) is 0 Å². The van der Waals surface area contributed by atoms with Crippen molar-refractivity contribution in [2.45, 2.75) is 32.5 Å². The Bertz CT molecular complexity index is 468. The van der Waals surface area contributed by atoms with E-state index in [0.29, 0.717) is 19.6 Å². The molecule has 0 radical (unpaired) electrons. The highest BCUT2D eigenvalue weighted by atomic mass is 16.5. The van der Waals surface area contributed by atoms with Crippen LogP contribution < -0.4 is 10.1 Å². The van der Waals surface area contributed by atoms with Crippen LogP contribution in [0.5, 0.6) is 5.75 Å². The maximum absolute atomic E-state index is 12.2. The highest BCUT2D eigenvalue weighted by Crippen LogP contribution is 2.17. The molecule has 5 heteroatoms. The molecule has 1 fully saturated rings. The van der Waals surface area contributed by atoms with Crippen molar-refractivity contribution >= 4 is 6.03 Å². The standard InChI is InChI=1S/C16H24N2O3/c1-12-10-18(11-13(2)21-12)16(19)17-9-8-14-6-4-5-7-15(14)20-3/h4-7,12-13H,8-11H2,1-3H3,(H,17,19)/t12-,13-/m1/s1. The molecule has 1 N–H and O–H groups in total. The highest BCUT2D eigenvalue weighted by molar-refractivity contribution is 5.74. The van der Waals surface area contributed by atoms with Crippen molar-refractivity contribution in [2.24, 2.45) is 0 Å². The summed E-state index contributed by atoms with van der Waals surface area (Å²) in [7, 11) is 1.66. The van der Waals surface area contributed by atoms with Crippen LogP contribution in [0.1, 0.15) is 19.4 Å². The number of morpholine rings is 1. The van der Waals surface area contributed by atoms with Crippen LogP contribution in [0, 0.1) is 0 Å². The van der Waals surface area contributed by atoms with Crippen molar-refractivity contribution in [3.63, 3.8) is 0 Å². The third kappa shape index (κ3) is 4.36. The van der Waals surface area contributed by atoms with Crippen molar-refractivity contribution in [1.82, 2.24) is 10.2 Å².